The molecular formula is C28H30O5. The Balaban J connectivity index is 1.43. The maximum Gasteiger partial charge on any atom is 0.349 e. The zero-order valence-electron chi connectivity index (χ0n) is 19.4. The topological polar surface area (TPSA) is 61.8 Å². The van der Waals surface area contributed by atoms with E-state index in [9.17, 15) is 9.59 Å². The van der Waals surface area contributed by atoms with Gasteiger partial charge in [0, 0.05) is 11.1 Å². The molecule has 0 aliphatic carbocycles. The molecule has 0 N–H and O–H groups in total. The van der Waals surface area contributed by atoms with Crippen LogP contribution in [0.2, 0.25) is 0 Å². The van der Waals surface area contributed by atoms with Crippen molar-refractivity contribution in [3.8, 4) is 11.5 Å². The van der Waals surface area contributed by atoms with Gasteiger partial charge in [0.2, 0.25) is 0 Å². The molecule has 3 aromatic rings. The van der Waals surface area contributed by atoms with Gasteiger partial charge in [-0.3, -0.25) is 4.79 Å². The predicted octanol–water partition coefficient (Wildman–Crippen LogP) is 5.65. The van der Waals surface area contributed by atoms with Gasteiger partial charge in [0.25, 0.3) is 0 Å². The van der Waals surface area contributed by atoms with Crippen molar-refractivity contribution in [1.29, 1.82) is 0 Å². The number of hydrogen-bond acceptors (Lipinski definition) is 5. The lowest BCUT2D eigenvalue weighted by atomic mass is 10.0. The molecule has 33 heavy (non-hydrogen) atoms. The summed E-state index contributed by atoms with van der Waals surface area (Å²) in [7, 11) is 0. The summed E-state index contributed by atoms with van der Waals surface area (Å²) in [4.78, 5) is 24.4. The number of ether oxygens (including phenoxy) is 3. The number of ketones is 1. The average molecular weight is 447 g/mol. The molecule has 0 saturated heterocycles. The largest absolute Gasteiger partial charge is 0.494 e. The Morgan fingerprint density at radius 1 is 0.788 bits per heavy atom. The summed E-state index contributed by atoms with van der Waals surface area (Å²) in [6, 6.07) is 24.2. The second-order valence-electron chi connectivity index (χ2n) is 8.15. The molecule has 3 aromatic carbocycles. The maximum atomic E-state index is 12.5. The fraction of sp³-hybridized carbons (Fsp3) is 0.286. The van der Waals surface area contributed by atoms with Crippen LogP contribution in [0.4, 0.5) is 0 Å². The molecule has 0 aliphatic rings. The smallest absolute Gasteiger partial charge is 0.349 e. The summed E-state index contributed by atoms with van der Waals surface area (Å²) in [5.74, 6) is 0.978. The lowest BCUT2D eigenvalue weighted by Crippen LogP contribution is -2.39. The van der Waals surface area contributed by atoms with Gasteiger partial charge in [-0.15, -0.1) is 0 Å². The molecule has 5 nitrogen and oxygen atoms in total. The van der Waals surface area contributed by atoms with E-state index in [0.717, 1.165) is 24.2 Å². The van der Waals surface area contributed by atoms with Crippen molar-refractivity contribution in [2.45, 2.75) is 39.2 Å². The van der Waals surface area contributed by atoms with Crippen LogP contribution in [0.5, 0.6) is 11.5 Å². The van der Waals surface area contributed by atoms with E-state index in [1.54, 1.807) is 32.9 Å². The van der Waals surface area contributed by atoms with E-state index in [0.29, 0.717) is 30.1 Å². The van der Waals surface area contributed by atoms with Crippen LogP contribution in [0.3, 0.4) is 0 Å². The predicted molar refractivity (Wildman–Crippen MR) is 128 cm³/mol. The number of benzene rings is 3. The molecule has 0 saturated carbocycles. The van der Waals surface area contributed by atoms with Gasteiger partial charge in [-0.1, -0.05) is 42.5 Å². The van der Waals surface area contributed by atoms with Crippen molar-refractivity contribution >= 4 is 11.8 Å². The number of carbonyl (C=O) groups is 2. The Hall–Kier alpha value is -3.60. The van der Waals surface area contributed by atoms with Crippen LogP contribution in [-0.2, 0) is 16.0 Å². The Labute approximate surface area is 195 Å². The SMILES string of the molecule is CCOC(=O)C(C)(C)Oc1ccc(CCCOc2ccc(C(=O)c3ccccc3)cc2)cc1. The van der Waals surface area contributed by atoms with Crippen LogP contribution in [0, 0.1) is 0 Å². The van der Waals surface area contributed by atoms with E-state index in [1.165, 1.54) is 0 Å². The van der Waals surface area contributed by atoms with Gasteiger partial charge in [0.05, 0.1) is 13.2 Å². The van der Waals surface area contributed by atoms with Crippen molar-refractivity contribution in [3.63, 3.8) is 0 Å². The third-order valence-corrected chi connectivity index (χ3v) is 5.09. The fourth-order valence-electron chi connectivity index (χ4n) is 3.29. The zero-order chi connectivity index (χ0) is 23.7. The van der Waals surface area contributed by atoms with Gasteiger partial charge in [-0.2, -0.15) is 0 Å². The Kier molecular flexibility index (Phi) is 8.25. The molecule has 0 bridgehead atoms. The summed E-state index contributed by atoms with van der Waals surface area (Å²) in [5.41, 5.74) is 1.44. The zero-order valence-corrected chi connectivity index (χ0v) is 19.4. The second-order valence-corrected chi connectivity index (χ2v) is 8.15. The summed E-state index contributed by atoms with van der Waals surface area (Å²) in [6.07, 6.45) is 1.70. The first kappa shape index (κ1) is 24.1. The molecule has 0 aliphatic heterocycles. The minimum atomic E-state index is -1.04. The van der Waals surface area contributed by atoms with Crippen molar-refractivity contribution in [1.82, 2.24) is 0 Å². The van der Waals surface area contributed by atoms with Crippen molar-refractivity contribution < 1.29 is 23.8 Å². The molecule has 0 fully saturated rings. The molecule has 0 unspecified atom stereocenters. The van der Waals surface area contributed by atoms with Gasteiger partial charge < -0.3 is 14.2 Å². The van der Waals surface area contributed by atoms with E-state index in [2.05, 4.69) is 0 Å². The molecule has 0 aromatic heterocycles. The van der Waals surface area contributed by atoms with E-state index < -0.39 is 5.60 Å². The molecule has 0 spiro atoms. The summed E-state index contributed by atoms with van der Waals surface area (Å²) >= 11 is 0. The minimum Gasteiger partial charge on any atom is -0.494 e. The van der Waals surface area contributed by atoms with Gasteiger partial charge in [-0.05, 0) is 75.6 Å². The van der Waals surface area contributed by atoms with Gasteiger partial charge in [0.1, 0.15) is 11.5 Å². The number of hydrogen-bond donors (Lipinski definition) is 0. The fourth-order valence-corrected chi connectivity index (χ4v) is 3.29. The minimum absolute atomic E-state index is 0.000203. The maximum absolute atomic E-state index is 12.5. The van der Waals surface area contributed by atoms with Crippen LogP contribution < -0.4 is 9.47 Å². The molecule has 0 heterocycles. The van der Waals surface area contributed by atoms with Crippen LogP contribution in [-0.4, -0.2) is 30.6 Å². The Morgan fingerprint density at radius 2 is 1.39 bits per heavy atom. The van der Waals surface area contributed by atoms with Gasteiger partial charge >= 0.3 is 5.97 Å². The number of carbonyl (C=O) groups excluding carboxylic acids is 2. The molecule has 0 amide bonds. The highest BCUT2D eigenvalue weighted by Crippen LogP contribution is 2.21. The quantitative estimate of drug-likeness (QED) is 0.216. The normalized spacial score (nSPS) is 11.0. The molecule has 5 heteroatoms. The average Bonchev–Trinajstić information content (AvgIpc) is 2.83. The molecule has 0 atom stereocenters. The molecular weight excluding hydrogens is 416 g/mol. The third kappa shape index (κ3) is 6.94. The van der Waals surface area contributed by atoms with E-state index >= 15 is 0 Å². The Morgan fingerprint density at radius 3 is 2.03 bits per heavy atom. The summed E-state index contributed by atoms with van der Waals surface area (Å²) in [5, 5.41) is 0. The summed E-state index contributed by atoms with van der Waals surface area (Å²) in [6.45, 7) is 6.05. The van der Waals surface area contributed by atoms with Crippen molar-refractivity contribution in [2.24, 2.45) is 0 Å². The lowest BCUT2D eigenvalue weighted by Gasteiger charge is -2.24. The summed E-state index contributed by atoms with van der Waals surface area (Å²) < 4.78 is 16.7. The van der Waals surface area contributed by atoms with Crippen LogP contribution in [0.25, 0.3) is 0 Å². The van der Waals surface area contributed by atoms with E-state index in [-0.39, 0.29) is 11.8 Å². The first-order valence-electron chi connectivity index (χ1n) is 11.2. The highest BCUT2D eigenvalue weighted by molar-refractivity contribution is 6.08. The monoisotopic (exact) mass is 446 g/mol. The molecule has 0 radical (unpaired) electrons. The van der Waals surface area contributed by atoms with Crippen molar-refractivity contribution in [3.05, 3.63) is 95.6 Å². The van der Waals surface area contributed by atoms with Crippen molar-refractivity contribution in [2.75, 3.05) is 13.2 Å². The first-order valence-corrected chi connectivity index (χ1v) is 11.2. The molecule has 172 valence electrons. The van der Waals surface area contributed by atoms with Crippen LogP contribution in [0.15, 0.2) is 78.9 Å². The highest BCUT2D eigenvalue weighted by Gasteiger charge is 2.31. The second kappa shape index (κ2) is 11.3. The number of esters is 1. The standard InChI is InChI=1S/C28H30O5/c1-4-31-27(30)28(2,3)33-25-16-12-21(13-17-25)9-8-20-32-24-18-14-23(15-19-24)26(29)22-10-6-5-7-11-22/h5-7,10-19H,4,8-9,20H2,1-3H3. The van der Waals surface area contributed by atoms with Crippen LogP contribution >= 0.6 is 0 Å². The van der Waals surface area contributed by atoms with Gasteiger partial charge in [0.15, 0.2) is 11.4 Å². The number of rotatable bonds is 11. The first-order chi connectivity index (χ1) is 15.9. The van der Waals surface area contributed by atoms with Crippen LogP contribution in [0.1, 0.15) is 48.7 Å². The Bertz CT molecular complexity index is 1040. The highest BCUT2D eigenvalue weighted by atomic mass is 16.6. The van der Waals surface area contributed by atoms with Gasteiger partial charge in [-0.25, -0.2) is 4.79 Å². The molecule has 3 rings (SSSR count). The lowest BCUT2D eigenvalue weighted by molar-refractivity contribution is -0.158. The van der Waals surface area contributed by atoms with E-state index in [4.69, 9.17) is 14.2 Å². The van der Waals surface area contributed by atoms with E-state index in [1.807, 2.05) is 66.7 Å². The number of aryl methyl sites for hydroxylation is 1. The third-order valence-electron chi connectivity index (χ3n) is 5.09.